The molecule has 3 heteroatoms. The zero-order valence-corrected chi connectivity index (χ0v) is 9.62. The van der Waals surface area contributed by atoms with Crippen molar-refractivity contribution in [3.8, 4) is 0 Å². The molecule has 0 amide bonds. The molecule has 0 aromatic carbocycles. The standard InChI is InChI=1S/C12H20O3/c1-3-15-12(14)7-5-10-8-9(2)4-6-11(10)13/h9-10H,3-8H2,1-2H3/t9-,10+/m0/s1. The van der Waals surface area contributed by atoms with E-state index < -0.39 is 0 Å². The Labute approximate surface area is 91.2 Å². The summed E-state index contributed by atoms with van der Waals surface area (Å²) in [7, 11) is 0. The van der Waals surface area contributed by atoms with Crippen molar-refractivity contribution in [2.75, 3.05) is 6.61 Å². The lowest BCUT2D eigenvalue weighted by Crippen LogP contribution is -2.24. The lowest BCUT2D eigenvalue weighted by Gasteiger charge is -2.25. The molecular formula is C12H20O3. The van der Waals surface area contributed by atoms with Crippen LogP contribution in [0.2, 0.25) is 0 Å². The highest BCUT2D eigenvalue weighted by Crippen LogP contribution is 2.28. The molecule has 0 bridgehead atoms. The van der Waals surface area contributed by atoms with E-state index in [-0.39, 0.29) is 11.9 Å². The van der Waals surface area contributed by atoms with Gasteiger partial charge in [0.2, 0.25) is 0 Å². The monoisotopic (exact) mass is 212 g/mol. The quantitative estimate of drug-likeness (QED) is 0.672. The van der Waals surface area contributed by atoms with Gasteiger partial charge in [-0.3, -0.25) is 9.59 Å². The Morgan fingerprint density at radius 2 is 2.27 bits per heavy atom. The number of carbonyl (C=O) groups is 2. The number of hydrogen-bond donors (Lipinski definition) is 0. The molecule has 86 valence electrons. The van der Waals surface area contributed by atoms with Crippen LogP contribution in [0.1, 0.15) is 46.0 Å². The summed E-state index contributed by atoms with van der Waals surface area (Å²) in [6, 6.07) is 0. The topological polar surface area (TPSA) is 43.4 Å². The predicted octanol–water partition coefficient (Wildman–Crippen LogP) is 2.33. The molecule has 0 N–H and O–H groups in total. The second kappa shape index (κ2) is 5.89. The SMILES string of the molecule is CCOC(=O)CC[C@@H]1C[C@@H](C)CCC1=O. The molecule has 15 heavy (non-hydrogen) atoms. The van der Waals surface area contributed by atoms with Crippen LogP contribution in [0.5, 0.6) is 0 Å². The van der Waals surface area contributed by atoms with Crippen LogP contribution in [0.15, 0.2) is 0 Å². The maximum Gasteiger partial charge on any atom is 0.305 e. The van der Waals surface area contributed by atoms with Gasteiger partial charge in [0.05, 0.1) is 6.61 Å². The third kappa shape index (κ3) is 4.02. The van der Waals surface area contributed by atoms with Crippen LogP contribution in [0.3, 0.4) is 0 Å². The van der Waals surface area contributed by atoms with E-state index in [0.29, 0.717) is 37.6 Å². The summed E-state index contributed by atoms with van der Waals surface area (Å²) < 4.78 is 4.84. The number of rotatable bonds is 4. The van der Waals surface area contributed by atoms with Crippen molar-refractivity contribution in [2.45, 2.75) is 46.0 Å². The van der Waals surface area contributed by atoms with E-state index in [4.69, 9.17) is 4.74 Å². The molecule has 1 rings (SSSR count). The van der Waals surface area contributed by atoms with Gasteiger partial charge in [0.25, 0.3) is 0 Å². The summed E-state index contributed by atoms with van der Waals surface area (Å²) in [5.41, 5.74) is 0. The number of hydrogen-bond acceptors (Lipinski definition) is 3. The third-order valence-corrected chi connectivity index (χ3v) is 3.03. The molecule has 1 fully saturated rings. The normalized spacial score (nSPS) is 26.4. The second-order valence-corrected chi connectivity index (χ2v) is 4.39. The summed E-state index contributed by atoms with van der Waals surface area (Å²) in [6.45, 7) is 4.39. The molecule has 1 aliphatic carbocycles. The summed E-state index contributed by atoms with van der Waals surface area (Å²) in [5, 5.41) is 0. The van der Waals surface area contributed by atoms with E-state index in [9.17, 15) is 9.59 Å². The Kier molecular flexibility index (Phi) is 4.79. The van der Waals surface area contributed by atoms with E-state index in [2.05, 4.69) is 6.92 Å². The third-order valence-electron chi connectivity index (χ3n) is 3.03. The Morgan fingerprint density at radius 1 is 1.53 bits per heavy atom. The summed E-state index contributed by atoms with van der Waals surface area (Å²) in [5.74, 6) is 0.869. The zero-order valence-electron chi connectivity index (χ0n) is 9.62. The largest absolute Gasteiger partial charge is 0.466 e. The van der Waals surface area contributed by atoms with Crippen molar-refractivity contribution >= 4 is 11.8 Å². The fraction of sp³-hybridized carbons (Fsp3) is 0.833. The van der Waals surface area contributed by atoms with Crippen molar-refractivity contribution in [1.82, 2.24) is 0 Å². The van der Waals surface area contributed by atoms with Crippen LogP contribution >= 0.6 is 0 Å². The molecule has 0 aliphatic heterocycles. The Hall–Kier alpha value is -0.860. The van der Waals surface area contributed by atoms with E-state index in [1.165, 1.54) is 0 Å². The number of carbonyl (C=O) groups excluding carboxylic acids is 2. The van der Waals surface area contributed by atoms with E-state index in [0.717, 1.165) is 12.8 Å². The van der Waals surface area contributed by atoms with Gasteiger partial charge in [-0.05, 0) is 32.1 Å². The molecule has 1 saturated carbocycles. The smallest absolute Gasteiger partial charge is 0.305 e. The lowest BCUT2D eigenvalue weighted by atomic mass is 9.79. The van der Waals surface area contributed by atoms with Gasteiger partial charge in [-0.2, -0.15) is 0 Å². The first kappa shape index (κ1) is 12.2. The highest BCUT2D eigenvalue weighted by atomic mass is 16.5. The predicted molar refractivity (Wildman–Crippen MR) is 57.4 cm³/mol. The molecule has 1 aliphatic rings. The van der Waals surface area contributed by atoms with Gasteiger partial charge in [-0.1, -0.05) is 6.92 Å². The summed E-state index contributed by atoms with van der Waals surface area (Å²) >= 11 is 0. The average molecular weight is 212 g/mol. The molecule has 0 spiro atoms. The summed E-state index contributed by atoms with van der Waals surface area (Å²) in [6.07, 6.45) is 3.70. The number of Topliss-reactive ketones (excluding diaryl/α,β-unsaturated/α-hetero) is 1. The van der Waals surface area contributed by atoms with Crippen LogP contribution in [0.25, 0.3) is 0 Å². The minimum atomic E-state index is -0.177. The van der Waals surface area contributed by atoms with E-state index >= 15 is 0 Å². The van der Waals surface area contributed by atoms with Crippen molar-refractivity contribution < 1.29 is 14.3 Å². The maximum atomic E-state index is 11.6. The Bertz CT molecular complexity index is 235. The van der Waals surface area contributed by atoms with Crippen LogP contribution < -0.4 is 0 Å². The molecule has 0 heterocycles. The number of esters is 1. The minimum Gasteiger partial charge on any atom is -0.466 e. The second-order valence-electron chi connectivity index (χ2n) is 4.39. The Morgan fingerprint density at radius 3 is 2.93 bits per heavy atom. The minimum absolute atomic E-state index is 0.0955. The first-order valence-corrected chi connectivity index (χ1v) is 5.81. The number of ether oxygens (including phenoxy) is 1. The van der Waals surface area contributed by atoms with Gasteiger partial charge >= 0.3 is 5.97 Å². The molecular weight excluding hydrogens is 192 g/mol. The fourth-order valence-corrected chi connectivity index (χ4v) is 2.13. The van der Waals surface area contributed by atoms with Crippen LogP contribution in [0.4, 0.5) is 0 Å². The van der Waals surface area contributed by atoms with Crippen molar-refractivity contribution in [3.63, 3.8) is 0 Å². The van der Waals surface area contributed by atoms with Gasteiger partial charge in [-0.15, -0.1) is 0 Å². The Balaban J connectivity index is 2.30. The summed E-state index contributed by atoms with van der Waals surface area (Å²) in [4.78, 5) is 22.7. The van der Waals surface area contributed by atoms with Crippen molar-refractivity contribution in [3.05, 3.63) is 0 Å². The molecule has 0 radical (unpaired) electrons. The molecule has 3 nitrogen and oxygen atoms in total. The maximum absolute atomic E-state index is 11.6. The van der Waals surface area contributed by atoms with Gasteiger partial charge in [0, 0.05) is 18.8 Å². The highest BCUT2D eigenvalue weighted by molar-refractivity contribution is 5.82. The van der Waals surface area contributed by atoms with E-state index in [1.54, 1.807) is 6.92 Å². The number of ketones is 1. The van der Waals surface area contributed by atoms with Gasteiger partial charge in [0.1, 0.15) is 5.78 Å². The van der Waals surface area contributed by atoms with Gasteiger partial charge < -0.3 is 4.74 Å². The van der Waals surface area contributed by atoms with Crippen LogP contribution in [-0.2, 0) is 14.3 Å². The zero-order chi connectivity index (χ0) is 11.3. The molecule has 0 unspecified atom stereocenters. The average Bonchev–Trinajstić information content (AvgIpc) is 2.20. The van der Waals surface area contributed by atoms with Crippen molar-refractivity contribution in [1.29, 1.82) is 0 Å². The van der Waals surface area contributed by atoms with Crippen molar-refractivity contribution in [2.24, 2.45) is 11.8 Å². The van der Waals surface area contributed by atoms with Gasteiger partial charge in [0.15, 0.2) is 0 Å². The molecule has 0 saturated heterocycles. The first-order valence-electron chi connectivity index (χ1n) is 5.81. The molecule has 0 aromatic rings. The van der Waals surface area contributed by atoms with E-state index in [1.807, 2.05) is 0 Å². The highest BCUT2D eigenvalue weighted by Gasteiger charge is 2.26. The fourth-order valence-electron chi connectivity index (χ4n) is 2.13. The van der Waals surface area contributed by atoms with Crippen LogP contribution in [-0.4, -0.2) is 18.4 Å². The molecule has 0 aromatic heterocycles. The van der Waals surface area contributed by atoms with Crippen LogP contribution in [0, 0.1) is 11.8 Å². The lowest BCUT2D eigenvalue weighted by molar-refractivity contribution is -0.143. The first-order chi connectivity index (χ1) is 7.13. The van der Waals surface area contributed by atoms with Gasteiger partial charge in [-0.25, -0.2) is 0 Å². The molecule has 2 atom stereocenters.